The van der Waals surface area contributed by atoms with Crippen LogP contribution >= 0.6 is 0 Å². The first-order chi connectivity index (χ1) is 8.80. The quantitative estimate of drug-likeness (QED) is 0.822. The number of nitrogens with one attached hydrogen (secondary N) is 1. The predicted molar refractivity (Wildman–Crippen MR) is 66.4 cm³/mol. The van der Waals surface area contributed by atoms with Crippen molar-refractivity contribution in [3.63, 3.8) is 0 Å². The van der Waals surface area contributed by atoms with Crippen LogP contribution in [0.3, 0.4) is 0 Å². The fourth-order valence-corrected chi connectivity index (χ4v) is 1.54. The van der Waals surface area contributed by atoms with Gasteiger partial charge in [0.15, 0.2) is 18.2 Å². The van der Waals surface area contributed by atoms with Crippen LogP contribution in [0.5, 0.6) is 5.75 Å². The van der Waals surface area contributed by atoms with E-state index < -0.39 is 23.2 Å². The van der Waals surface area contributed by atoms with E-state index in [0.29, 0.717) is 0 Å². The number of halogens is 1. The molecule has 1 aromatic rings. The summed E-state index contributed by atoms with van der Waals surface area (Å²) in [4.78, 5) is 22.2. The van der Waals surface area contributed by atoms with Crippen molar-refractivity contribution in [2.24, 2.45) is 0 Å². The minimum atomic E-state index is -1.01. The Bertz CT molecular complexity index is 473. The minimum absolute atomic E-state index is 0.0197. The zero-order valence-corrected chi connectivity index (χ0v) is 10.8. The van der Waals surface area contributed by atoms with Crippen molar-refractivity contribution < 1.29 is 23.8 Å². The summed E-state index contributed by atoms with van der Waals surface area (Å²) < 4.78 is 18.2. The molecule has 0 fully saturated rings. The molecule has 0 saturated heterocycles. The first kappa shape index (κ1) is 14.9. The van der Waals surface area contributed by atoms with Crippen molar-refractivity contribution in [1.29, 1.82) is 0 Å². The molecule has 0 saturated carbocycles. The van der Waals surface area contributed by atoms with Gasteiger partial charge in [0.25, 0.3) is 5.91 Å². The lowest BCUT2D eigenvalue weighted by atomic mass is 10.0. The normalized spacial score (nSPS) is 10.9. The number of aliphatic carboxylic acids is 1. The van der Waals surface area contributed by atoms with Crippen LogP contribution in [0.1, 0.15) is 20.3 Å². The third-order valence-corrected chi connectivity index (χ3v) is 2.27. The molecule has 0 atom stereocenters. The van der Waals surface area contributed by atoms with Crippen LogP contribution in [0, 0.1) is 5.82 Å². The van der Waals surface area contributed by atoms with Crippen molar-refractivity contribution in [1.82, 2.24) is 5.32 Å². The third kappa shape index (κ3) is 5.37. The molecule has 0 aliphatic rings. The van der Waals surface area contributed by atoms with Crippen molar-refractivity contribution in [2.75, 3.05) is 6.61 Å². The lowest BCUT2D eigenvalue weighted by molar-refractivity contribution is -0.138. The number of para-hydroxylation sites is 1. The fourth-order valence-electron chi connectivity index (χ4n) is 1.54. The van der Waals surface area contributed by atoms with Gasteiger partial charge < -0.3 is 15.2 Å². The molecule has 0 spiro atoms. The molecule has 0 heterocycles. The van der Waals surface area contributed by atoms with E-state index in [9.17, 15) is 14.0 Å². The molecule has 0 bridgehead atoms. The average molecular weight is 269 g/mol. The SMILES string of the molecule is CC(C)(CC(=O)O)NC(=O)COc1ccccc1F. The number of carbonyl (C=O) groups is 2. The fraction of sp³-hybridized carbons (Fsp3) is 0.385. The maximum Gasteiger partial charge on any atom is 0.305 e. The molecular weight excluding hydrogens is 253 g/mol. The molecule has 1 amide bonds. The molecule has 5 nitrogen and oxygen atoms in total. The molecule has 2 N–H and O–H groups in total. The third-order valence-electron chi connectivity index (χ3n) is 2.27. The largest absolute Gasteiger partial charge is 0.481 e. The van der Waals surface area contributed by atoms with Gasteiger partial charge in [0, 0.05) is 5.54 Å². The Morgan fingerprint density at radius 3 is 2.58 bits per heavy atom. The zero-order chi connectivity index (χ0) is 14.5. The molecule has 104 valence electrons. The van der Waals surface area contributed by atoms with E-state index in [2.05, 4.69) is 5.32 Å². The summed E-state index contributed by atoms with van der Waals surface area (Å²) >= 11 is 0. The smallest absolute Gasteiger partial charge is 0.305 e. The van der Waals surface area contributed by atoms with E-state index in [1.165, 1.54) is 18.2 Å². The van der Waals surface area contributed by atoms with Crippen LogP contribution < -0.4 is 10.1 Å². The van der Waals surface area contributed by atoms with Crippen LogP contribution in [0.15, 0.2) is 24.3 Å². The summed E-state index contributed by atoms with van der Waals surface area (Å²) in [6, 6.07) is 5.73. The Balaban J connectivity index is 2.48. The zero-order valence-electron chi connectivity index (χ0n) is 10.8. The van der Waals surface area contributed by atoms with Crippen LogP contribution in [0.4, 0.5) is 4.39 Å². The highest BCUT2D eigenvalue weighted by atomic mass is 19.1. The summed E-state index contributed by atoms with van der Waals surface area (Å²) in [5.74, 6) is -2.09. The number of ether oxygens (including phenoxy) is 1. The second kappa shape index (κ2) is 6.17. The lowest BCUT2D eigenvalue weighted by Crippen LogP contribution is -2.46. The van der Waals surface area contributed by atoms with E-state index >= 15 is 0 Å². The number of carbonyl (C=O) groups excluding carboxylic acids is 1. The molecule has 0 aliphatic heterocycles. The Kier molecular flexibility index (Phi) is 4.86. The van der Waals surface area contributed by atoms with E-state index in [1.807, 2.05) is 0 Å². The van der Waals surface area contributed by atoms with Gasteiger partial charge in [0.1, 0.15) is 0 Å². The predicted octanol–water partition coefficient (Wildman–Crippen LogP) is 1.57. The topological polar surface area (TPSA) is 75.6 Å². The van der Waals surface area contributed by atoms with E-state index in [-0.39, 0.29) is 18.8 Å². The summed E-state index contributed by atoms with van der Waals surface area (Å²) in [5.41, 5.74) is -0.887. The summed E-state index contributed by atoms with van der Waals surface area (Å²) in [7, 11) is 0. The molecule has 1 aromatic carbocycles. The van der Waals surface area contributed by atoms with Crippen LogP contribution in [-0.2, 0) is 9.59 Å². The lowest BCUT2D eigenvalue weighted by Gasteiger charge is -2.24. The van der Waals surface area contributed by atoms with E-state index in [0.717, 1.165) is 0 Å². The second-order valence-electron chi connectivity index (χ2n) is 4.72. The Labute approximate surface area is 110 Å². The number of hydrogen-bond acceptors (Lipinski definition) is 3. The van der Waals surface area contributed by atoms with Crippen molar-refractivity contribution in [3.8, 4) is 5.75 Å². The average Bonchev–Trinajstić information content (AvgIpc) is 2.25. The number of rotatable bonds is 6. The first-order valence-electron chi connectivity index (χ1n) is 5.70. The highest BCUT2D eigenvalue weighted by Crippen LogP contribution is 2.15. The van der Waals surface area contributed by atoms with Gasteiger partial charge in [-0.15, -0.1) is 0 Å². The number of hydrogen-bond donors (Lipinski definition) is 2. The Morgan fingerprint density at radius 2 is 2.00 bits per heavy atom. The monoisotopic (exact) mass is 269 g/mol. The molecule has 0 aromatic heterocycles. The molecule has 0 aliphatic carbocycles. The summed E-state index contributed by atoms with van der Waals surface area (Å²) in [5, 5.41) is 11.2. The summed E-state index contributed by atoms with van der Waals surface area (Å²) in [6.45, 7) is 2.80. The number of carboxylic acids is 1. The molecule has 1 rings (SSSR count). The van der Waals surface area contributed by atoms with Crippen molar-refractivity contribution >= 4 is 11.9 Å². The Morgan fingerprint density at radius 1 is 1.37 bits per heavy atom. The number of benzene rings is 1. The van der Waals surface area contributed by atoms with Gasteiger partial charge >= 0.3 is 5.97 Å². The maximum atomic E-state index is 13.2. The maximum absolute atomic E-state index is 13.2. The van der Waals surface area contributed by atoms with Gasteiger partial charge in [-0.25, -0.2) is 4.39 Å². The molecule has 0 radical (unpaired) electrons. The highest BCUT2D eigenvalue weighted by molar-refractivity contribution is 5.79. The first-order valence-corrected chi connectivity index (χ1v) is 5.70. The standard InChI is InChI=1S/C13H16FNO4/c1-13(2,7-12(17)18)15-11(16)8-19-10-6-4-3-5-9(10)14/h3-6H,7-8H2,1-2H3,(H,15,16)(H,17,18). The van der Waals surface area contributed by atoms with Crippen molar-refractivity contribution in [2.45, 2.75) is 25.8 Å². The molecule has 0 unspecified atom stereocenters. The molecular formula is C13H16FNO4. The van der Waals surface area contributed by atoms with Gasteiger partial charge in [-0.05, 0) is 26.0 Å². The van der Waals surface area contributed by atoms with Crippen LogP contribution in [-0.4, -0.2) is 29.1 Å². The number of carboxylic acid groups (broad SMARTS) is 1. The second-order valence-corrected chi connectivity index (χ2v) is 4.72. The highest BCUT2D eigenvalue weighted by Gasteiger charge is 2.24. The van der Waals surface area contributed by atoms with E-state index in [4.69, 9.17) is 9.84 Å². The van der Waals surface area contributed by atoms with Crippen molar-refractivity contribution in [3.05, 3.63) is 30.1 Å². The minimum Gasteiger partial charge on any atom is -0.481 e. The van der Waals surface area contributed by atoms with Gasteiger partial charge in [-0.2, -0.15) is 0 Å². The van der Waals surface area contributed by atoms with Crippen LogP contribution in [0.2, 0.25) is 0 Å². The van der Waals surface area contributed by atoms with Gasteiger partial charge in [0.2, 0.25) is 0 Å². The van der Waals surface area contributed by atoms with Gasteiger partial charge in [0.05, 0.1) is 6.42 Å². The molecule has 19 heavy (non-hydrogen) atoms. The number of amides is 1. The van der Waals surface area contributed by atoms with E-state index in [1.54, 1.807) is 19.9 Å². The Hall–Kier alpha value is -2.11. The molecule has 6 heteroatoms. The van der Waals surface area contributed by atoms with Gasteiger partial charge in [-0.1, -0.05) is 12.1 Å². The van der Waals surface area contributed by atoms with Gasteiger partial charge in [-0.3, -0.25) is 9.59 Å². The van der Waals surface area contributed by atoms with Crippen LogP contribution in [0.25, 0.3) is 0 Å². The summed E-state index contributed by atoms with van der Waals surface area (Å²) in [6.07, 6.45) is -0.210.